The third-order valence-corrected chi connectivity index (χ3v) is 9.66. The fraction of sp³-hybridized carbons (Fsp3) is 0. The van der Waals surface area contributed by atoms with Crippen LogP contribution in [0.4, 0.5) is 17.1 Å². The zero-order valence-electron chi connectivity index (χ0n) is 26.5. The molecular weight excluding hydrogens is 599 g/mol. The average Bonchev–Trinajstić information content (AvgIpc) is 3.75. The van der Waals surface area contributed by atoms with E-state index in [1.165, 1.54) is 11.1 Å². The fourth-order valence-corrected chi connectivity index (χ4v) is 7.48. The number of rotatable bonds is 5. The van der Waals surface area contributed by atoms with Crippen molar-refractivity contribution in [1.29, 1.82) is 0 Å². The molecule has 0 N–H and O–H groups in total. The second-order valence-electron chi connectivity index (χ2n) is 12.5. The van der Waals surface area contributed by atoms with Gasteiger partial charge in [-0.2, -0.15) is 0 Å². The van der Waals surface area contributed by atoms with Gasteiger partial charge in [-0.15, -0.1) is 0 Å². The van der Waals surface area contributed by atoms with Gasteiger partial charge in [0.2, 0.25) is 0 Å². The lowest BCUT2D eigenvalue weighted by molar-refractivity contribution is 0.669. The Kier molecular flexibility index (Phi) is 6.18. The van der Waals surface area contributed by atoms with Crippen molar-refractivity contribution in [1.82, 2.24) is 0 Å². The molecule has 0 unspecified atom stereocenters. The average molecular weight is 628 g/mol. The van der Waals surface area contributed by atoms with Gasteiger partial charge in [0.05, 0.1) is 11.1 Å². The minimum atomic E-state index is 0.851. The Morgan fingerprint density at radius 1 is 0.347 bits per heavy atom. The minimum Gasteiger partial charge on any atom is -0.456 e. The third kappa shape index (κ3) is 4.37. The van der Waals surface area contributed by atoms with Crippen LogP contribution >= 0.6 is 0 Å². The summed E-state index contributed by atoms with van der Waals surface area (Å²) in [7, 11) is 0. The molecule has 0 saturated carbocycles. The summed E-state index contributed by atoms with van der Waals surface area (Å²) in [6, 6.07) is 61.9. The highest BCUT2D eigenvalue weighted by Crippen LogP contribution is 2.47. The number of fused-ring (bicyclic) bond motifs is 8. The molecule has 49 heavy (non-hydrogen) atoms. The molecule has 10 aromatic rings. The first kappa shape index (κ1) is 27.5. The summed E-state index contributed by atoms with van der Waals surface area (Å²) >= 11 is 0. The van der Waals surface area contributed by atoms with E-state index in [1.54, 1.807) is 0 Å². The van der Waals surface area contributed by atoms with Crippen LogP contribution in [0, 0.1) is 0 Å². The summed E-state index contributed by atoms with van der Waals surface area (Å²) in [6.07, 6.45) is 0. The van der Waals surface area contributed by atoms with Crippen LogP contribution in [-0.4, -0.2) is 0 Å². The van der Waals surface area contributed by atoms with Gasteiger partial charge in [-0.3, -0.25) is 0 Å². The van der Waals surface area contributed by atoms with E-state index in [-0.39, 0.29) is 0 Å². The summed E-state index contributed by atoms with van der Waals surface area (Å²) in [5.41, 5.74) is 11.4. The molecule has 230 valence electrons. The molecule has 8 aromatic carbocycles. The Labute approximate surface area is 282 Å². The van der Waals surface area contributed by atoms with E-state index in [2.05, 4.69) is 169 Å². The van der Waals surface area contributed by atoms with Crippen molar-refractivity contribution < 1.29 is 8.83 Å². The second-order valence-corrected chi connectivity index (χ2v) is 12.5. The van der Waals surface area contributed by atoms with Crippen LogP contribution in [0.3, 0.4) is 0 Å². The van der Waals surface area contributed by atoms with Crippen molar-refractivity contribution in [2.24, 2.45) is 0 Å². The molecule has 0 amide bonds. The molecule has 10 rings (SSSR count). The van der Waals surface area contributed by atoms with E-state index >= 15 is 0 Å². The van der Waals surface area contributed by atoms with Crippen LogP contribution in [0.25, 0.3) is 76.9 Å². The molecule has 0 spiro atoms. The van der Waals surface area contributed by atoms with Gasteiger partial charge in [0.25, 0.3) is 0 Å². The zero-order chi connectivity index (χ0) is 32.3. The lowest BCUT2D eigenvalue weighted by Gasteiger charge is -2.26. The number of benzene rings is 8. The number of para-hydroxylation sites is 2. The predicted octanol–water partition coefficient (Wildman–Crippen LogP) is 13.4. The van der Waals surface area contributed by atoms with Crippen molar-refractivity contribution in [2.75, 3.05) is 4.90 Å². The van der Waals surface area contributed by atoms with Crippen LogP contribution in [0.1, 0.15) is 0 Å². The SMILES string of the molecule is c1ccc(-c2ccc(N(c3ccccc3)c3cccc4oc5c6ccccc6c(-c6cccc7oc8ccccc8c67)cc5c34)cc2)cc1. The molecule has 0 aliphatic heterocycles. The molecule has 0 bridgehead atoms. The predicted molar refractivity (Wildman–Crippen MR) is 204 cm³/mol. The van der Waals surface area contributed by atoms with E-state index in [0.717, 1.165) is 82.8 Å². The Bertz CT molecular complexity index is 2810. The van der Waals surface area contributed by atoms with Crippen LogP contribution in [0.5, 0.6) is 0 Å². The largest absolute Gasteiger partial charge is 0.456 e. The van der Waals surface area contributed by atoms with Crippen LogP contribution in [0.2, 0.25) is 0 Å². The first-order valence-corrected chi connectivity index (χ1v) is 16.6. The number of nitrogens with zero attached hydrogens (tertiary/aromatic N) is 1. The van der Waals surface area contributed by atoms with Gasteiger partial charge in [-0.05, 0) is 82.2 Å². The van der Waals surface area contributed by atoms with Crippen molar-refractivity contribution >= 4 is 71.7 Å². The highest BCUT2D eigenvalue weighted by atomic mass is 16.3. The summed E-state index contributed by atoms with van der Waals surface area (Å²) < 4.78 is 13.1. The third-order valence-electron chi connectivity index (χ3n) is 9.66. The molecule has 2 heterocycles. The number of hydrogen-bond acceptors (Lipinski definition) is 3. The fourth-order valence-electron chi connectivity index (χ4n) is 7.48. The van der Waals surface area contributed by atoms with E-state index in [0.29, 0.717) is 0 Å². The molecule has 0 aliphatic rings. The number of hydrogen-bond donors (Lipinski definition) is 0. The molecule has 3 nitrogen and oxygen atoms in total. The van der Waals surface area contributed by atoms with Crippen LogP contribution < -0.4 is 4.90 Å². The van der Waals surface area contributed by atoms with Gasteiger partial charge in [0.1, 0.15) is 22.3 Å². The summed E-state index contributed by atoms with van der Waals surface area (Å²) in [4.78, 5) is 2.34. The quantitative estimate of drug-likeness (QED) is 0.190. The molecule has 0 saturated heterocycles. The topological polar surface area (TPSA) is 29.5 Å². The number of anilines is 3. The van der Waals surface area contributed by atoms with Gasteiger partial charge >= 0.3 is 0 Å². The van der Waals surface area contributed by atoms with E-state index in [4.69, 9.17) is 8.83 Å². The highest BCUT2D eigenvalue weighted by Gasteiger charge is 2.23. The highest BCUT2D eigenvalue weighted by molar-refractivity contribution is 6.24. The summed E-state index contributed by atoms with van der Waals surface area (Å²) in [5.74, 6) is 0. The summed E-state index contributed by atoms with van der Waals surface area (Å²) in [5, 5.41) is 6.62. The lowest BCUT2D eigenvalue weighted by atomic mass is 9.92. The Hall–Kier alpha value is -6.58. The normalized spacial score (nSPS) is 11.7. The Morgan fingerprint density at radius 3 is 1.73 bits per heavy atom. The first-order valence-electron chi connectivity index (χ1n) is 16.6. The van der Waals surface area contributed by atoms with Crippen molar-refractivity contribution in [3.05, 3.63) is 176 Å². The maximum atomic E-state index is 6.79. The number of furan rings is 2. The zero-order valence-corrected chi connectivity index (χ0v) is 26.5. The Morgan fingerprint density at radius 2 is 0.939 bits per heavy atom. The first-order chi connectivity index (χ1) is 24.3. The van der Waals surface area contributed by atoms with Gasteiger partial charge < -0.3 is 13.7 Å². The smallest absolute Gasteiger partial charge is 0.143 e. The maximum absolute atomic E-state index is 6.79. The lowest BCUT2D eigenvalue weighted by Crippen LogP contribution is -2.10. The van der Waals surface area contributed by atoms with Crippen LogP contribution in [-0.2, 0) is 0 Å². The van der Waals surface area contributed by atoms with Crippen LogP contribution in [0.15, 0.2) is 185 Å². The Balaban J connectivity index is 1.26. The molecule has 0 radical (unpaired) electrons. The van der Waals surface area contributed by atoms with Crippen molar-refractivity contribution in [3.63, 3.8) is 0 Å². The van der Waals surface area contributed by atoms with Gasteiger partial charge in [0.15, 0.2) is 0 Å². The molecular formula is C46H29NO2. The molecule has 0 atom stereocenters. The van der Waals surface area contributed by atoms with Gasteiger partial charge in [-0.25, -0.2) is 0 Å². The minimum absolute atomic E-state index is 0.851. The van der Waals surface area contributed by atoms with E-state index < -0.39 is 0 Å². The van der Waals surface area contributed by atoms with Crippen molar-refractivity contribution in [2.45, 2.75) is 0 Å². The summed E-state index contributed by atoms with van der Waals surface area (Å²) in [6.45, 7) is 0. The van der Waals surface area contributed by atoms with Gasteiger partial charge in [0, 0.05) is 32.9 Å². The molecule has 2 aromatic heterocycles. The standard InChI is InChI=1S/C46H29NO2/c1-3-13-30(14-4-1)31-25-27-33(28-26-31)47(32-15-5-2-6-16-32)40-21-12-24-43-45(40)39-29-38(34-17-7-8-18-36(34)46(39)49-43)35-20-11-23-42-44(35)37-19-9-10-22-41(37)48-42/h1-29H. The molecule has 3 heteroatoms. The van der Waals surface area contributed by atoms with Gasteiger partial charge in [-0.1, -0.05) is 121 Å². The van der Waals surface area contributed by atoms with E-state index in [1.807, 2.05) is 12.1 Å². The monoisotopic (exact) mass is 627 g/mol. The second kappa shape index (κ2) is 11.0. The molecule has 0 aliphatic carbocycles. The van der Waals surface area contributed by atoms with E-state index in [9.17, 15) is 0 Å². The maximum Gasteiger partial charge on any atom is 0.143 e. The molecule has 0 fully saturated rings. The van der Waals surface area contributed by atoms with Crippen molar-refractivity contribution in [3.8, 4) is 22.3 Å².